The fourth-order valence-electron chi connectivity index (χ4n) is 2.80. The number of anilines is 2. The van der Waals surface area contributed by atoms with Crippen molar-refractivity contribution < 1.29 is 0 Å². The lowest BCUT2D eigenvalue weighted by atomic mass is 10.0. The van der Waals surface area contributed by atoms with Crippen molar-refractivity contribution in [1.29, 1.82) is 5.26 Å². The SMILES string of the molecule is CC1CCCC(Nc2ccc(N)c(CC#N)c2)CC1. The van der Waals surface area contributed by atoms with Crippen molar-refractivity contribution in [2.24, 2.45) is 5.92 Å². The first-order valence-electron chi connectivity index (χ1n) is 7.21. The van der Waals surface area contributed by atoms with E-state index in [1.165, 1.54) is 32.1 Å². The maximum Gasteiger partial charge on any atom is 0.0670 e. The molecule has 1 fully saturated rings. The first-order chi connectivity index (χ1) is 9.19. The predicted octanol–water partition coefficient (Wildman–Crippen LogP) is 3.72. The van der Waals surface area contributed by atoms with E-state index in [2.05, 4.69) is 18.3 Å². The molecule has 3 N–H and O–H groups in total. The monoisotopic (exact) mass is 257 g/mol. The third-order valence-corrected chi connectivity index (χ3v) is 4.04. The Labute approximate surface area is 115 Å². The summed E-state index contributed by atoms with van der Waals surface area (Å²) in [6.45, 7) is 2.34. The van der Waals surface area contributed by atoms with E-state index >= 15 is 0 Å². The van der Waals surface area contributed by atoms with Crippen LogP contribution in [-0.4, -0.2) is 6.04 Å². The minimum atomic E-state index is 0.378. The third kappa shape index (κ3) is 3.89. The number of nitrogens with two attached hydrogens (primary N) is 1. The van der Waals surface area contributed by atoms with Crippen LogP contribution in [0.25, 0.3) is 0 Å². The Hall–Kier alpha value is -1.69. The van der Waals surface area contributed by atoms with Gasteiger partial charge < -0.3 is 11.1 Å². The van der Waals surface area contributed by atoms with E-state index in [0.29, 0.717) is 18.2 Å². The van der Waals surface area contributed by atoms with E-state index in [-0.39, 0.29) is 0 Å². The zero-order valence-electron chi connectivity index (χ0n) is 11.7. The van der Waals surface area contributed by atoms with Crippen molar-refractivity contribution in [2.45, 2.75) is 51.5 Å². The van der Waals surface area contributed by atoms with Gasteiger partial charge in [-0.25, -0.2) is 0 Å². The van der Waals surface area contributed by atoms with Gasteiger partial charge in [0.15, 0.2) is 0 Å². The number of rotatable bonds is 3. The molecule has 2 atom stereocenters. The van der Waals surface area contributed by atoms with E-state index in [0.717, 1.165) is 17.2 Å². The maximum absolute atomic E-state index is 8.80. The topological polar surface area (TPSA) is 61.8 Å². The molecule has 102 valence electrons. The molecule has 2 unspecified atom stereocenters. The minimum absolute atomic E-state index is 0.378. The van der Waals surface area contributed by atoms with Crippen molar-refractivity contribution in [1.82, 2.24) is 0 Å². The van der Waals surface area contributed by atoms with E-state index in [4.69, 9.17) is 11.0 Å². The standard InChI is InChI=1S/C16H23N3/c1-12-3-2-4-14(6-5-12)19-15-7-8-16(18)13(11-15)9-10-17/h7-8,11-12,14,19H,2-6,9,18H2,1H3. The van der Waals surface area contributed by atoms with Crippen LogP contribution in [0.5, 0.6) is 0 Å². The van der Waals surface area contributed by atoms with Gasteiger partial charge in [0.2, 0.25) is 0 Å². The smallest absolute Gasteiger partial charge is 0.0670 e. The van der Waals surface area contributed by atoms with Gasteiger partial charge in [-0.2, -0.15) is 5.26 Å². The van der Waals surface area contributed by atoms with Gasteiger partial charge >= 0.3 is 0 Å². The van der Waals surface area contributed by atoms with Gasteiger partial charge in [-0.3, -0.25) is 0 Å². The van der Waals surface area contributed by atoms with Crippen molar-refractivity contribution in [3.63, 3.8) is 0 Å². The summed E-state index contributed by atoms with van der Waals surface area (Å²) in [4.78, 5) is 0. The zero-order chi connectivity index (χ0) is 13.7. The molecule has 0 amide bonds. The number of hydrogen-bond donors (Lipinski definition) is 2. The average molecular weight is 257 g/mol. The Balaban J connectivity index is 2.02. The van der Waals surface area contributed by atoms with Crippen LogP contribution in [0.4, 0.5) is 11.4 Å². The van der Waals surface area contributed by atoms with Gasteiger partial charge in [-0.15, -0.1) is 0 Å². The van der Waals surface area contributed by atoms with Crippen LogP contribution >= 0.6 is 0 Å². The van der Waals surface area contributed by atoms with E-state index < -0.39 is 0 Å². The molecule has 0 spiro atoms. The molecule has 0 saturated heterocycles. The molecule has 2 rings (SSSR count). The largest absolute Gasteiger partial charge is 0.398 e. The summed E-state index contributed by atoms with van der Waals surface area (Å²) in [5.74, 6) is 0.854. The molecule has 0 heterocycles. The molecule has 0 bridgehead atoms. The zero-order valence-corrected chi connectivity index (χ0v) is 11.7. The minimum Gasteiger partial charge on any atom is -0.398 e. The van der Waals surface area contributed by atoms with Gasteiger partial charge in [0, 0.05) is 17.4 Å². The molecule has 3 heteroatoms. The van der Waals surface area contributed by atoms with Gasteiger partial charge in [0.05, 0.1) is 12.5 Å². The molecule has 19 heavy (non-hydrogen) atoms. The lowest BCUT2D eigenvalue weighted by Crippen LogP contribution is -2.18. The van der Waals surface area contributed by atoms with Gasteiger partial charge in [-0.1, -0.05) is 19.8 Å². The quantitative estimate of drug-likeness (QED) is 0.641. The van der Waals surface area contributed by atoms with Crippen LogP contribution in [0.3, 0.4) is 0 Å². The summed E-state index contributed by atoms with van der Waals surface area (Å²) >= 11 is 0. The first-order valence-corrected chi connectivity index (χ1v) is 7.21. The summed E-state index contributed by atoms with van der Waals surface area (Å²) in [6.07, 6.45) is 6.81. The fourth-order valence-corrected chi connectivity index (χ4v) is 2.80. The predicted molar refractivity (Wildman–Crippen MR) is 79.8 cm³/mol. The Kier molecular flexibility index (Phi) is 4.68. The number of benzene rings is 1. The molecule has 1 aliphatic carbocycles. The van der Waals surface area contributed by atoms with Crippen molar-refractivity contribution in [3.05, 3.63) is 23.8 Å². The fraction of sp³-hybridized carbons (Fsp3) is 0.562. The number of nitrogens with one attached hydrogen (secondary N) is 1. The maximum atomic E-state index is 8.80. The molecular weight excluding hydrogens is 234 g/mol. The highest BCUT2D eigenvalue weighted by Crippen LogP contribution is 2.26. The van der Waals surface area contributed by atoms with Gasteiger partial charge in [0.25, 0.3) is 0 Å². The summed E-state index contributed by atoms with van der Waals surface area (Å²) < 4.78 is 0. The van der Waals surface area contributed by atoms with Crippen LogP contribution in [-0.2, 0) is 6.42 Å². The second-order valence-electron chi connectivity index (χ2n) is 5.70. The van der Waals surface area contributed by atoms with Crippen molar-refractivity contribution in [2.75, 3.05) is 11.1 Å². The molecule has 0 aromatic heterocycles. The second-order valence-corrected chi connectivity index (χ2v) is 5.70. The summed E-state index contributed by atoms with van der Waals surface area (Å²) in [5.41, 5.74) is 8.60. The highest BCUT2D eigenvalue weighted by atomic mass is 14.9. The molecule has 1 aromatic rings. The van der Waals surface area contributed by atoms with E-state index in [1.54, 1.807) is 0 Å². The van der Waals surface area contributed by atoms with Crippen LogP contribution in [0, 0.1) is 17.2 Å². The first kappa shape index (κ1) is 13.7. The van der Waals surface area contributed by atoms with E-state index in [1.807, 2.05) is 18.2 Å². The lowest BCUT2D eigenvalue weighted by molar-refractivity contribution is 0.502. The molecular formula is C16H23N3. The van der Waals surface area contributed by atoms with Crippen molar-refractivity contribution in [3.8, 4) is 6.07 Å². The Bertz CT molecular complexity index is 462. The van der Waals surface area contributed by atoms with Crippen LogP contribution in [0.1, 0.15) is 44.6 Å². The molecule has 1 aliphatic rings. The van der Waals surface area contributed by atoms with Crippen molar-refractivity contribution >= 4 is 11.4 Å². The van der Waals surface area contributed by atoms with Crippen LogP contribution < -0.4 is 11.1 Å². The van der Waals surface area contributed by atoms with E-state index in [9.17, 15) is 0 Å². The molecule has 1 saturated carbocycles. The Morgan fingerprint density at radius 1 is 1.32 bits per heavy atom. The Morgan fingerprint density at radius 2 is 2.16 bits per heavy atom. The highest BCUT2D eigenvalue weighted by molar-refractivity contribution is 5.58. The third-order valence-electron chi connectivity index (χ3n) is 4.04. The van der Waals surface area contributed by atoms with Gasteiger partial charge in [0.1, 0.15) is 0 Å². The molecule has 3 nitrogen and oxygen atoms in total. The number of nitrogens with zero attached hydrogens (tertiary/aromatic N) is 1. The second kappa shape index (κ2) is 6.47. The number of nitriles is 1. The van der Waals surface area contributed by atoms with Crippen LogP contribution in [0.2, 0.25) is 0 Å². The van der Waals surface area contributed by atoms with Gasteiger partial charge in [-0.05, 0) is 48.9 Å². The molecule has 0 radical (unpaired) electrons. The van der Waals surface area contributed by atoms with Crippen LogP contribution in [0.15, 0.2) is 18.2 Å². The Morgan fingerprint density at radius 3 is 2.95 bits per heavy atom. The molecule has 0 aliphatic heterocycles. The number of hydrogen-bond acceptors (Lipinski definition) is 3. The summed E-state index contributed by atoms with van der Waals surface area (Å²) in [6, 6.07) is 8.66. The number of nitrogen functional groups attached to an aromatic ring is 1. The lowest BCUT2D eigenvalue weighted by Gasteiger charge is -2.18. The highest BCUT2D eigenvalue weighted by Gasteiger charge is 2.16. The summed E-state index contributed by atoms with van der Waals surface area (Å²) in [7, 11) is 0. The average Bonchev–Trinajstić information content (AvgIpc) is 2.59. The normalized spacial score (nSPS) is 23.4. The molecule has 1 aromatic carbocycles. The summed E-state index contributed by atoms with van der Waals surface area (Å²) in [5, 5.41) is 12.4.